The van der Waals surface area contributed by atoms with E-state index in [0.717, 1.165) is 5.56 Å². The second-order valence-corrected chi connectivity index (χ2v) is 9.29. The van der Waals surface area contributed by atoms with Crippen molar-refractivity contribution in [3.63, 3.8) is 0 Å². The third-order valence-electron chi connectivity index (χ3n) is 5.52. The van der Waals surface area contributed by atoms with E-state index < -0.39 is 22.2 Å². The third-order valence-corrected chi connectivity index (χ3v) is 7.57. The van der Waals surface area contributed by atoms with Crippen LogP contribution in [0.1, 0.15) is 38.2 Å². The predicted octanol–water partition coefficient (Wildman–Crippen LogP) is 1.29. The molecule has 9 heteroatoms. The normalized spacial score (nSPS) is 21.8. The summed E-state index contributed by atoms with van der Waals surface area (Å²) in [6.07, 6.45) is 2.06. The Kier molecular flexibility index (Phi) is 7.26. The first-order valence-corrected chi connectivity index (χ1v) is 11.6. The van der Waals surface area contributed by atoms with Gasteiger partial charge in [-0.15, -0.1) is 0 Å². The number of carbonyl (C=O) groups excluding carboxylic acids is 2. The van der Waals surface area contributed by atoms with Gasteiger partial charge in [0.2, 0.25) is 5.91 Å². The minimum absolute atomic E-state index is 0.0449. The van der Waals surface area contributed by atoms with Crippen LogP contribution in [0, 0.1) is 5.92 Å². The summed E-state index contributed by atoms with van der Waals surface area (Å²) in [5.41, 5.74) is 1.03. The van der Waals surface area contributed by atoms with Crippen LogP contribution in [0.15, 0.2) is 30.3 Å². The largest absolute Gasteiger partial charge is 0.465 e. The Morgan fingerprint density at radius 1 is 1.10 bits per heavy atom. The lowest BCUT2D eigenvalue weighted by Crippen LogP contribution is -2.51. The van der Waals surface area contributed by atoms with Crippen molar-refractivity contribution in [2.45, 2.75) is 45.2 Å². The number of rotatable bonds is 7. The lowest BCUT2D eigenvalue weighted by Gasteiger charge is -2.34. The van der Waals surface area contributed by atoms with Gasteiger partial charge in [0, 0.05) is 32.1 Å². The number of nitrogens with one attached hydrogen (secondary N) is 1. The highest BCUT2D eigenvalue weighted by Gasteiger charge is 2.43. The molecule has 0 aromatic heterocycles. The van der Waals surface area contributed by atoms with E-state index in [2.05, 4.69) is 5.32 Å². The lowest BCUT2D eigenvalue weighted by atomic mass is 9.97. The molecule has 160 valence electrons. The summed E-state index contributed by atoms with van der Waals surface area (Å²) in [4.78, 5) is 24.6. The highest BCUT2D eigenvalue weighted by atomic mass is 32.2. The number of piperidine rings is 1. The van der Waals surface area contributed by atoms with Crippen molar-refractivity contribution in [2.24, 2.45) is 5.92 Å². The monoisotopic (exact) mass is 423 g/mol. The van der Waals surface area contributed by atoms with Crippen molar-refractivity contribution in [1.82, 2.24) is 13.9 Å². The summed E-state index contributed by atoms with van der Waals surface area (Å²) in [6.45, 7) is 3.28. The quantitative estimate of drug-likeness (QED) is 0.667. The second-order valence-electron chi connectivity index (χ2n) is 7.41. The van der Waals surface area contributed by atoms with Gasteiger partial charge in [-0.3, -0.25) is 9.59 Å². The molecule has 2 fully saturated rings. The Labute approximate surface area is 172 Å². The second kappa shape index (κ2) is 9.69. The number of hydrogen-bond acceptors (Lipinski definition) is 5. The molecule has 1 amide bonds. The van der Waals surface area contributed by atoms with E-state index in [1.54, 1.807) is 6.92 Å². The number of ether oxygens (including phenoxy) is 1. The van der Waals surface area contributed by atoms with Gasteiger partial charge in [0.05, 0.1) is 6.61 Å². The van der Waals surface area contributed by atoms with Crippen LogP contribution in [0.25, 0.3) is 0 Å². The van der Waals surface area contributed by atoms with Crippen LogP contribution in [-0.4, -0.2) is 61.2 Å². The van der Waals surface area contributed by atoms with Crippen LogP contribution in [0.5, 0.6) is 0 Å². The maximum atomic E-state index is 13.0. The molecule has 1 aromatic rings. The first-order chi connectivity index (χ1) is 13.9. The summed E-state index contributed by atoms with van der Waals surface area (Å²) in [7, 11) is -3.74. The summed E-state index contributed by atoms with van der Waals surface area (Å²) in [5, 5.41) is 2.93. The first kappa shape index (κ1) is 21.7. The van der Waals surface area contributed by atoms with Crippen LogP contribution in [0.2, 0.25) is 0 Å². The van der Waals surface area contributed by atoms with E-state index in [0.29, 0.717) is 38.8 Å². The molecule has 29 heavy (non-hydrogen) atoms. The van der Waals surface area contributed by atoms with Crippen LogP contribution in [0.3, 0.4) is 0 Å². The molecule has 3 rings (SSSR count). The minimum atomic E-state index is -3.74. The SMILES string of the molecule is CCOC(=O)[C@@H]1CCCN1S(=O)(=O)N1CCC(C(=O)NCc2ccccc2)CC1. The zero-order chi connectivity index (χ0) is 20.9. The molecule has 1 atom stereocenters. The number of esters is 1. The van der Waals surface area contributed by atoms with Crippen molar-refractivity contribution in [3.8, 4) is 0 Å². The van der Waals surface area contributed by atoms with Crippen LogP contribution >= 0.6 is 0 Å². The molecule has 2 heterocycles. The molecular formula is C20H29N3O5S. The molecule has 0 spiro atoms. The van der Waals surface area contributed by atoms with Crippen molar-refractivity contribution in [1.29, 1.82) is 0 Å². The van der Waals surface area contributed by atoms with Gasteiger partial charge in [-0.25, -0.2) is 0 Å². The van der Waals surface area contributed by atoms with Gasteiger partial charge in [0.25, 0.3) is 10.2 Å². The van der Waals surface area contributed by atoms with E-state index in [4.69, 9.17) is 4.74 Å². The Morgan fingerprint density at radius 3 is 2.45 bits per heavy atom. The van der Waals surface area contributed by atoms with Gasteiger partial charge < -0.3 is 10.1 Å². The molecule has 1 aromatic carbocycles. The lowest BCUT2D eigenvalue weighted by molar-refractivity contribution is -0.147. The molecule has 2 saturated heterocycles. The molecule has 2 aliphatic heterocycles. The zero-order valence-corrected chi connectivity index (χ0v) is 17.6. The third kappa shape index (κ3) is 5.15. The van der Waals surface area contributed by atoms with E-state index in [9.17, 15) is 18.0 Å². The fraction of sp³-hybridized carbons (Fsp3) is 0.600. The van der Waals surface area contributed by atoms with Gasteiger partial charge in [0.15, 0.2) is 0 Å². The average molecular weight is 424 g/mol. The fourth-order valence-corrected chi connectivity index (χ4v) is 5.76. The highest BCUT2D eigenvalue weighted by molar-refractivity contribution is 7.86. The number of carbonyl (C=O) groups is 2. The summed E-state index contributed by atoms with van der Waals surface area (Å²) >= 11 is 0. The standard InChI is InChI=1S/C20H29N3O5S/c1-2-28-20(25)18-9-6-12-23(18)29(26,27)22-13-10-17(11-14-22)19(24)21-15-16-7-4-3-5-8-16/h3-5,7-8,17-18H,2,6,9-15H2,1H3,(H,21,24)/t18-/m0/s1. The number of amides is 1. The molecule has 2 aliphatic rings. The predicted molar refractivity (Wildman–Crippen MR) is 108 cm³/mol. The summed E-state index contributed by atoms with van der Waals surface area (Å²) in [6, 6.07) is 8.93. The molecule has 8 nitrogen and oxygen atoms in total. The molecule has 0 saturated carbocycles. The Bertz CT molecular complexity index is 807. The molecule has 1 N–H and O–H groups in total. The first-order valence-electron chi connectivity index (χ1n) is 10.2. The van der Waals surface area contributed by atoms with Gasteiger partial charge in [-0.05, 0) is 38.2 Å². The van der Waals surface area contributed by atoms with Crippen molar-refractivity contribution < 1.29 is 22.7 Å². The van der Waals surface area contributed by atoms with E-state index >= 15 is 0 Å². The Balaban J connectivity index is 1.54. The Hall–Kier alpha value is -1.97. The molecular weight excluding hydrogens is 394 g/mol. The molecule has 0 radical (unpaired) electrons. The highest BCUT2D eigenvalue weighted by Crippen LogP contribution is 2.27. The molecule has 0 bridgehead atoms. The summed E-state index contributed by atoms with van der Waals surface area (Å²) in [5.74, 6) is -0.732. The van der Waals surface area contributed by atoms with E-state index in [1.807, 2.05) is 30.3 Å². The average Bonchev–Trinajstić information content (AvgIpc) is 3.24. The minimum Gasteiger partial charge on any atom is -0.465 e. The van der Waals surface area contributed by atoms with Gasteiger partial charge >= 0.3 is 5.97 Å². The number of hydrogen-bond donors (Lipinski definition) is 1. The van der Waals surface area contributed by atoms with Crippen LogP contribution in [-0.2, 0) is 31.1 Å². The van der Waals surface area contributed by atoms with E-state index in [-0.39, 0.29) is 31.5 Å². The maximum Gasteiger partial charge on any atom is 0.324 e. The maximum absolute atomic E-state index is 13.0. The molecule has 0 unspecified atom stereocenters. The summed E-state index contributed by atoms with van der Waals surface area (Å²) < 4.78 is 33.8. The van der Waals surface area contributed by atoms with Gasteiger partial charge in [-0.1, -0.05) is 30.3 Å². The topological polar surface area (TPSA) is 96.0 Å². The number of nitrogens with zero attached hydrogens (tertiary/aromatic N) is 2. The zero-order valence-electron chi connectivity index (χ0n) is 16.7. The van der Waals surface area contributed by atoms with Gasteiger partial charge in [0.1, 0.15) is 6.04 Å². The van der Waals surface area contributed by atoms with Crippen LogP contribution < -0.4 is 5.32 Å². The van der Waals surface area contributed by atoms with Crippen molar-refractivity contribution >= 4 is 22.1 Å². The number of benzene rings is 1. The van der Waals surface area contributed by atoms with Crippen molar-refractivity contribution in [2.75, 3.05) is 26.2 Å². The Morgan fingerprint density at radius 2 is 1.79 bits per heavy atom. The fourth-order valence-electron chi connectivity index (χ4n) is 3.92. The molecule has 0 aliphatic carbocycles. The van der Waals surface area contributed by atoms with E-state index in [1.165, 1.54) is 8.61 Å². The smallest absolute Gasteiger partial charge is 0.324 e. The van der Waals surface area contributed by atoms with Gasteiger partial charge in [-0.2, -0.15) is 17.0 Å². The van der Waals surface area contributed by atoms with Crippen molar-refractivity contribution in [3.05, 3.63) is 35.9 Å². The van der Waals surface area contributed by atoms with Crippen LogP contribution in [0.4, 0.5) is 0 Å².